The quantitative estimate of drug-likeness (QED) is 0.234. The number of benzene rings is 1. The summed E-state index contributed by atoms with van der Waals surface area (Å²) in [5.41, 5.74) is 1.10. The molecule has 33 heavy (non-hydrogen) atoms. The maximum absolute atomic E-state index is 12.7. The van der Waals surface area contributed by atoms with Gasteiger partial charge in [-0.3, -0.25) is 19.2 Å². The maximum atomic E-state index is 12.7. The first-order valence-electron chi connectivity index (χ1n) is 10.4. The first kappa shape index (κ1) is 25.7. The number of oxime groups is 1. The van der Waals surface area contributed by atoms with Crippen LogP contribution in [0.5, 0.6) is 0 Å². The van der Waals surface area contributed by atoms with Gasteiger partial charge in [0.05, 0.1) is 19.4 Å². The van der Waals surface area contributed by atoms with Crippen LogP contribution in [-0.2, 0) is 28.8 Å². The number of esters is 1. The van der Waals surface area contributed by atoms with Gasteiger partial charge < -0.3 is 29.9 Å². The van der Waals surface area contributed by atoms with Crippen LogP contribution in [0.3, 0.4) is 0 Å². The van der Waals surface area contributed by atoms with Gasteiger partial charge in [-0.15, -0.1) is 5.90 Å². The number of nitrogens with two attached hydrogens (primary N) is 1. The van der Waals surface area contributed by atoms with Crippen molar-refractivity contribution in [3.8, 4) is 0 Å². The molecule has 1 aliphatic heterocycles. The average Bonchev–Trinajstić information content (AvgIpc) is 2.84. The Morgan fingerprint density at radius 1 is 1.21 bits per heavy atom. The number of hydrogen-bond acceptors (Lipinski definition) is 9. The molecule has 1 fully saturated rings. The summed E-state index contributed by atoms with van der Waals surface area (Å²) < 4.78 is 10.0. The fraction of sp³-hybridized carbons (Fsp3) is 0.476. The van der Waals surface area contributed by atoms with Crippen LogP contribution in [0.2, 0.25) is 0 Å². The Bertz CT molecular complexity index is 851. The molecule has 3 amide bonds. The lowest BCUT2D eigenvalue weighted by Gasteiger charge is -2.33. The highest BCUT2D eigenvalue weighted by molar-refractivity contribution is 5.98. The van der Waals surface area contributed by atoms with E-state index in [0.717, 1.165) is 0 Å². The lowest BCUT2D eigenvalue weighted by Crippen LogP contribution is -2.50. The molecule has 1 aromatic rings. The van der Waals surface area contributed by atoms with Crippen molar-refractivity contribution in [1.82, 2.24) is 15.5 Å². The smallest absolute Gasteiger partial charge is 0.325 e. The van der Waals surface area contributed by atoms with Crippen LogP contribution in [0.4, 0.5) is 0 Å². The monoisotopic (exact) mass is 463 g/mol. The highest BCUT2D eigenvalue weighted by atomic mass is 16.7. The van der Waals surface area contributed by atoms with Crippen molar-refractivity contribution in [2.75, 3.05) is 33.4 Å². The molecule has 180 valence electrons. The third-order valence-electron chi connectivity index (χ3n) is 5.01. The number of nitrogens with one attached hydrogen (secondary N) is 2. The zero-order valence-electron chi connectivity index (χ0n) is 18.6. The number of piperidine rings is 1. The molecule has 1 atom stereocenters. The van der Waals surface area contributed by atoms with E-state index in [1.165, 1.54) is 13.3 Å². The molecular formula is C21H29N5O7. The Morgan fingerprint density at radius 2 is 1.88 bits per heavy atom. The Labute approximate surface area is 191 Å². The van der Waals surface area contributed by atoms with Crippen LogP contribution in [0.25, 0.3) is 0 Å². The summed E-state index contributed by atoms with van der Waals surface area (Å²) in [6.07, 6.45) is 2.35. The topological polar surface area (TPSA) is 162 Å². The molecule has 1 aromatic carbocycles. The number of methoxy groups -OCH3 is 1. The maximum Gasteiger partial charge on any atom is 0.325 e. The number of nitrogens with zero attached hydrogens (tertiary/aromatic N) is 2. The van der Waals surface area contributed by atoms with Crippen LogP contribution in [-0.4, -0.2) is 80.3 Å². The lowest BCUT2D eigenvalue weighted by atomic mass is 10.1. The Hall–Kier alpha value is -3.51. The fourth-order valence-electron chi connectivity index (χ4n) is 3.16. The SMILES string of the molecule is COC(=O)CNC(=O)COC1CCN(C(=O)[C@H](C)NC(=O)c2ccc(C=NON)cc2)CC1. The number of rotatable bonds is 10. The summed E-state index contributed by atoms with van der Waals surface area (Å²) in [7, 11) is 1.24. The Balaban J connectivity index is 1.73. The minimum absolute atomic E-state index is 0.172. The van der Waals surface area contributed by atoms with Gasteiger partial charge in [-0.1, -0.05) is 17.3 Å². The van der Waals surface area contributed by atoms with Crippen molar-refractivity contribution in [3.63, 3.8) is 0 Å². The standard InChI is InChI=1S/C21H29N5O7/c1-14(25-20(29)16-5-3-15(4-6-16)11-24-33-22)21(30)26-9-7-17(8-10-26)32-13-18(27)23-12-19(28)31-2/h3-6,11,14,17H,7-10,12-13,22H2,1-2H3,(H,23,27)(H,25,29)/t14-/m0/s1. The molecule has 12 nitrogen and oxygen atoms in total. The molecule has 0 unspecified atom stereocenters. The molecule has 0 aromatic heterocycles. The highest BCUT2D eigenvalue weighted by Gasteiger charge is 2.27. The highest BCUT2D eigenvalue weighted by Crippen LogP contribution is 2.15. The molecule has 1 aliphatic rings. The minimum atomic E-state index is -0.703. The van der Waals surface area contributed by atoms with Gasteiger partial charge in [0.2, 0.25) is 11.8 Å². The number of ether oxygens (including phenoxy) is 2. The second-order valence-electron chi connectivity index (χ2n) is 7.35. The number of carbonyl (C=O) groups excluding carboxylic acids is 4. The number of hydrogen-bond donors (Lipinski definition) is 3. The van der Waals surface area contributed by atoms with Crippen molar-refractivity contribution in [1.29, 1.82) is 0 Å². The van der Waals surface area contributed by atoms with E-state index in [9.17, 15) is 19.2 Å². The summed E-state index contributed by atoms with van der Waals surface area (Å²) in [6.45, 7) is 2.15. The van der Waals surface area contributed by atoms with E-state index < -0.39 is 17.9 Å². The molecule has 0 bridgehead atoms. The summed E-state index contributed by atoms with van der Waals surface area (Å²) in [5.74, 6) is 3.31. The van der Waals surface area contributed by atoms with Gasteiger partial charge in [0.1, 0.15) is 19.2 Å². The lowest BCUT2D eigenvalue weighted by molar-refractivity contribution is -0.142. The largest absolute Gasteiger partial charge is 0.468 e. The third-order valence-corrected chi connectivity index (χ3v) is 5.01. The van der Waals surface area contributed by atoms with Crippen molar-refractivity contribution < 1.29 is 33.6 Å². The second kappa shape index (κ2) is 13.1. The van der Waals surface area contributed by atoms with Crippen molar-refractivity contribution in [3.05, 3.63) is 35.4 Å². The molecule has 0 aliphatic carbocycles. The van der Waals surface area contributed by atoms with Gasteiger partial charge >= 0.3 is 5.97 Å². The van der Waals surface area contributed by atoms with Gasteiger partial charge in [-0.2, -0.15) is 0 Å². The fourth-order valence-corrected chi connectivity index (χ4v) is 3.16. The molecular weight excluding hydrogens is 434 g/mol. The summed E-state index contributed by atoms with van der Waals surface area (Å²) in [6, 6.07) is 5.85. The van der Waals surface area contributed by atoms with E-state index >= 15 is 0 Å². The zero-order chi connectivity index (χ0) is 24.2. The van der Waals surface area contributed by atoms with Crippen molar-refractivity contribution in [2.24, 2.45) is 11.1 Å². The first-order chi connectivity index (χ1) is 15.8. The van der Waals surface area contributed by atoms with Gasteiger partial charge in [0.25, 0.3) is 5.91 Å². The van der Waals surface area contributed by atoms with Crippen LogP contribution >= 0.6 is 0 Å². The Morgan fingerprint density at radius 3 is 2.48 bits per heavy atom. The minimum Gasteiger partial charge on any atom is -0.468 e. The Kier molecular flexibility index (Phi) is 10.2. The van der Waals surface area contributed by atoms with E-state index in [-0.39, 0.29) is 31.1 Å². The normalized spacial score (nSPS) is 15.1. The van der Waals surface area contributed by atoms with E-state index in [1.807, 2.05) is 0 Å². The molecule has 4 N–H and O–H groups in total. The van der Waals surface area contributed by atoms with Crippen LogP contribution in [0.15, 0.2) is 29.4 Å². The van der Waals surface area contributed by atoms with Crippen LogP contribution in [0, 0.1) is 0 Å². The van der Waals surface area contributed by atoms with Crippen molar-refractivity contribution in [2.45, 2.75) is 31.9 Å². The molecule has 1 saturated heterocycles. The van der Waals surface area contributed by atoms with Gasteiger partial charge in [-0.05, 0) is 37.5 Å². The van der Waals surface area contributed by atoms with E-state index in [4.69, 9.17) is 10.6 Å². The number of likely N-dealkylation sites (tertiary alicyclic amines) is 1. The summed E-state index contributed by atoms with van der Waals surface area (Å²) in [5, 5.41) is 8.54. The average molecular weight is 463 g/mol. The molecule has 0 saturated carbocycles. The van der Waals surface area contributed by atoms with Crippen LogP contribution < -0.4 is 16.5 Å². The molecule has 12 heteroatoms. The van der Waals surface area contributed by atoms with Gasteiger partial charge in [-0.25, -0.2) is 0 Å². The molecule has 0 spiro atoms. The summed E-state index contributed by atoms with van der Waals surface area (Å²) in [4.78, 5) is 53.6. The van der Waals surface area contributed by atoms with E-state index in [2.05, 4.69) is 25.5 Å². The molecule has 1 heterocycles. The van der Waals surface area contributed by atoms with Crippen LogP contribution in [0.1, 0.15) is 35.7 Å². The number of carbonyl (C=O) groups is 4. The third kappa shape index (κ3) is 8.50. The summed E-state index contributed by atoms with van der Waals surface area (Å²) >= 11 is 0. The predicted octanol–water partition coefficient (Wildman–Crippen LogP) is -0.674. The molecule has 2 rings (SSSR count). The van der Waals surface area contributed by atoms with Gasteiger partial charge in [0.15, 0.2) is 0 Å². The van der Waals surface area contributed by atoms with Crippen molar-refractivity contribution >= 4 is 29.9 Å². The molecule has 0 radical (unpaired) electrons. The van der Waals surface area contributed by atoms with E-state index in [1.54, 1.807) is 36.1 Å². The van der Waals surface area contributed by atoms with E-state index in [0.29, 0.717) is 37.1 Å². The predicted molar refractivity (Wildman–Crippen MR) is 117 cm³/mol. The zero-order valence-corrected chi connectivity index (χ0v) is 18.6. The van der Waals surface area contributed by atoms with Gasteiger partial charge in [0, 0.05) is 18.7 Å². The number of amides is 3. The first-order valence-corrected chi connectivity index (χ1v) is 10.4. The second-order valence-corrected chi connectivity index (χ2v) is 7.35.